The van der Waals surface area contributed by atoms with Crippen molar-refractivity contribution in [3.63, 3.8) is 0 Å². The number of fused-ring (bicyclic) bond motifs is 2. The van der Waals surface area contributed by atoms with Crippen LogP contribution in [0.5, 0.6) is 5.75 Å². The SMILES string of the molecule is COc1ccc(C(NCCOCCOCCN(CCOC[C@H]2O[C@@H](n3cc(C)c(=O)[nH]c3=O)C[C@@H]2O[Si](C)(C)C(C)(C)C)Cc2c3ccccc3cc3ccccc23)(c2ccccc2)c2ccccc2)cc1. The summed E-state index contributed by atoms with van der Waals surface area (Å²) in [7, 11) is -0.542. The molecule has 12 nitrogen and oxygen atoms in total. The van der Waals surface area contributed by atoms with Gasteiger partial charge in [-0.2, -0.15) is 0 Å². The van der Waals surface area contributed by atoms with Crippen LogP contribution >= 0.6 is 0 Å². The van der Waals surface area contributed by atoms with Gasteiger partial charge in [-0.05, 0) is 87.1 Å². The van der Waals surface area contributed by atoms with E-state index in [-0.39, 0.29) is 11.1 Å². The van der Waals surface area contributed by atoms with E-state index in [0.717, 1.165) is 22.4 Å². The first-order valence-electron chi connectivity index (χ1n) is 25.3. The van der Waals surface area contributed by atoms with Gasteiger partial charge in [0.15, 0.2) is 8.32 Å². The summed E-state index contributed by atoms with van der Waals surface area (Å²) in [6.45, 7) is 18.0. The fourth-order valence-electron chi connectivity index (χ4n) is 9.52. The Balaban J connectivity index is 0.910. The van der Waals surface area contributed by atoms with E-state index in [9.17, 15) is 9.59 Å². The van der Waals surface area contributed by atoms with E-state index in [1.807, 2.05) is 24.3 Å². The highest BCUT2D eigenvalue weighted by Gasteiger charge is 2.45. The van der Waals surface area contributed by atoms with Crippen LogP contribution in [0.4, 0.5) is 0 Å². The van der Waals surface area contributed by atoms with Crippen molar-refractivity contribution >= 4 is 29.9 Å². The van der Waals surface area contributed by atoms with Crippen LogP contribution in [-0.4, -0.2) is 101 Å². The molecular weight excluding hydrogens is 921 g/mol. The van der Waals surface area contributed by atoms with Crippen LogP contribution in [-0.2, 0) is 35.5 Å². The van der Waals surface area contributed by atoms with Crippen molar-refractivity contribution in [2.45, 2.75) is 82.8 Å². The molecular formula is C59H72N4O8Si. The second kappa shape index (κ2) is 23.9. The number of aromatic nitrogens is 2. The molecule has 0 radical (unpaired) electrons. The molecule has 0 unspecified atom stereocenters. The monoisotopic (exact) mass is 993 g/mol. The maximum absolute atomic E-state index is 13.0. The Morgan fingerprint density at radius 1 is 0.722 bits per heavy atom. The minimum absolute atomic E-state index is 0.0317. The molecule has 0 saturated carbocycles. The first-order valence-corrected chi connectivity index (χ1v) is 28.2. The first-order chi connectivity index (χ1) is 34.8. The predicted octanol–water partition coefficient (Wildman–Crippen LogP) is 9.97. The van der Waals surface area contributed by atoms with Crippen LogP contribution in [0.2, 0.25) is 18.1 Å². The molecule has 380 valence electrons. The zero-order valence-corrected chi connectivity index (χ0v) is 44.0. The minimum Gasteiger partial charge on any atom is -0.497 e. The number of rotatable bonds is 24. The molecule has 6 aromatic carbocycles. The highest BCUT2D eigenvalue weighted by molar-refractivity contribution is 6.74. The van der Waals surface area contributed by atoms with Gasteiger partial charge in [-0.15, -0.1) is 0 Å². The summed E-state index contributed by atoms with van der Waals surface area (Å²) >= 11 is 0. The van der Waals surface area contributed by atoms with Crippen molar-refractivity contribution in [1.29, 1.82) is 0 Å². The fraction of sp³-hybridized carbons (Fsp3) is 0.390. The van der Waals surface area contributed by atoms with Crippen LogP contribution in [0.3, 0.4) is 0 Å². The van der Waals surface area contributed by atoms with E-state index in [4.69, 9.17) is 28.1 Å². The van der Waals surface area contributed by atoms with E-state index in [1.165, 1.54) is 31.7 Å². The second-order valence-electron chi connectivity index (χ2n) is 20.3. The molecule has 0 amide bonds. The minimum atomic E-state index is -2.23. The molecule has 0 aliphatic carbocycles. The van der Waals surface area contributed by atoms with Crippen LogP contribution in [0.1, 0.15) is 61.2 Å². The van der Waals surface area contributed by atoms with E-state index in [1.54, 1.807) is 20.2 Å². The summed E-state index contributed by atoms with van der Waals surface area (Å²) in [6.07, 6.45) is 0.750. The molecule has 2 heterocycles. The highest BCUT2D eigenvalue weighted by atomic mass is 28.4. The first kappa shape index (κ1) is 52.6. The third-order valence-electron chi connectivity index (χ3n) is 14.5. The van der Waals surface area contributed by atoms with E-state index in [2.05, 4.69) is 164 Å². The van der Waals surface area contributed by atoms with Crippen LogP contribution in [0, 0.1) is 6.92 Å². The normalized spacial score (nSPS) is 16.5. The number of nitrogens with zero attached hydrogens (tertiary/aromatic N) is 2. The summed E-state index contributed by atoms with van der Waals surface area (Å²) in [4.78, 5) is 30.1. The number of hydrogen-bond donors (Lipinski definition) is 2. The molecule has 3 atom stereocenters. The lowest BCUT2D eigenvalue weighted by Crippen LogP contribution is -2.46. The van der Waals surface area contributed by atoms with E-state index >= 15 is 0 Å². The molecule has 1 saturated heterocycles. The van der Waals surface area contributed by atoms with Gasteiger partial charge in [0.05, 0.1) is 58.4 Å². The average molecular weight is 993 g/mol. The molecule has 1 fully saturated rings. The van der Waals surface area contributed by atoms with Crippen molar-refractivity contribution in [3.8, 4) is 5.75 Å². The Kier molecular flexibility index (Phi) is 17.4. The molecule has 8 rings (SSSR count). The Bertz CT molecular complexity index is 2860. The number of H-pyrrole nitrogens is 1. The average Bonchev–Trinajstić information content (AvgIpc) is 3.77. The second-order valence-corrected chi connectivity index (χ2v) is 25.0. The van der Waals surface area contributed by atoms with Crippen molar-refractivity contribution in [2.24, 2.45) is 0 Å². The van der Waals surface area contributed by atoms with Crippen molar-refractivity contribution in [3.05, 3.63) is 194 Å². The van der Waals surface area contributed by atoms with Gasteiger partial charge in [0, 0.05) is 44.4 Å². The molecule has 1 aliphatic rings. The number of nitrogens with one attached hydrogen (secondary N) is 2. The number of benzene rings is 6. The number of ether oxygens (including phenoxy) is 5. The number of hydrogen-bond acceptors (Lipinski definition) is 10. The maximum atomic E-state index is 13.0. The quantitative estimate of drug-likeness (QED) is 0.0262. The summed E-state index contributed by atoms with van der Waals surface area (Å²) in [6, 6.07) is 48.8. The largest absolute Gasteiger partial charge is 0.497 e. The van der Waals surface area contributed by atoms with Gasteiger partial charge in [0.2, 0.25) is 0 Å². The summed E-state index contributed by atoms with van der Waals surface area (Å²) in [5.41, 5.74) is 3.56. The molecule has 1 aliphatic heterocycles. The van der Waals surface area contributed by atoms with Crippen molar-refractivity contribution in [1.82, 2.24) is 19.8 Å². The Hall–Kier alpha value is -5.74. The molecule has 1 aromatic heterocycles. The zero-order valence-electron chi connectivity index (χ0n) is 43.0. The number of methoxy groups -OCH3 is 1. The molecule has 13 heteroatoms. The molecule has 7 aromatic rings. The number of aromatic amines is 1. The van der Waals surface area contributed by atoms with Gasteiger partial charge in [0.1, 0.15) is 18.1 Å². The highest BCUT2D eigenvalue weighted by Crippen LogP contribution is 2.41. The van der Waals surface area contributed by atoms with E-state index in [0.29, 0.717) is 77.8 Å². The van der Waals surface area contributed by atoms with Crippen molar-refractivity contribution in [2.75, 3.05) is 66.4 Å². The Labute approximate surface area is 425 Å². The van der Waals surface area contributed by atoms with Crippen molar-refractivity contribution < 1.29 is 28.1 Å². The van der Waals surface area contributed by atoms with Crippen LogP contribution in [0.25, 0.3) is 21.5 Å². The lowest BCUT2D eigenvalue weighted by atomic mass is 9.77. The molecule has 72 heavy (non-hydrogen) atoms. The smallest absolute Gasteiger partial charge is 0.330 e. The summed E-state index contributed by atoms with van der Waals surface area (Å²) in [5, 5.41) is 8.73. The fourth-order valence-corrected chi connectivity index (χ4v) is 10.9. The van der Waals surface area contributed by atoms with Gasteiger partial charge < -0.3 is 28.1 Å². The van der Waals surface area contributed by atoms with Gasteiger partial charge in [-0.1, -0.05) is 142 Å². The number of aryl methyl sites for hydroxylation is 1. The zero-order chi connectivity index (χ0) is 50.7. The molecule has 0 bridgehead atoms. The topological polar surface area (TPSA) is 126 Å². The van der Waals surface area contributed by atoms with Gasteiger partial charge >= 0.3 is 5.69 Å². The third-order valence-corrected chi connectivity index (χ3v) is 19.0. The Morgan fingerprint density at radius 2 is 1.28 bits per heavy atom. The standard InChI is InChI=1S/C59H72N4O8Si/c1-43-40-63(57(65)61-56(43)64)55-39-53(71-72(6,7)58(2,3)4)54(70-55)42-69-35-32-62(41-52-50-24-16-14-18-44(50)38-45-19-15-17-25-51(45)52)31-34-68-37-36-67-33-30-60-59(46-20-10-8-11-21-46,47-22-12-9-13-23-47)48-26-28-49(66-5)29-27-48/h8-29,38,40,53-55,60H,30-37,39,41-42H2,1-7H3,(H,61,64,65)/t53-,54+,55+/m0/s1. The maximum Gasteiger partial charge on any atom is 0.330 e. The van der Waals surface area contributed by atoms with Gasteiger partial charge in [-0.25, -0.2) is 4.79 Å². The Morgan fingerprint density at radius 3 is 1.88 bits per heavy atom. The van der Waals surface area contributed by atoms with E-state index < -0.39 is 37.4 Å². The lowest BCUT2D eigenvalue weighted by molar-refractivity contribution is -0.0641. The molecule has 2 N–H and O–H groups in total. The lowest BCUT2D eigenvalue weighted by Gasteiger charge is -2.39. The molecule has 0 spiro atoms. The van der Waals surface area contributed by atoms with Gasteiger partial charge in [-0.3, -0.25) is 24.6 Å². The third kappa shape index (κ3) is 12.4. The summed E-state index contributed by atoms with van der Waals surface area (Å²) in [5.74, 6) is 0.807. The predicted molar refractivity (Wildman–Crippen MR) is 290 cm³/mol. The van der Waals surface area contributed by atoms with Crippen LogP contribution < -0.4 is 21.3 Å². The van der Waals surface area contributed by atoms with Gasteiger partial charge in [0.25, 0.3) is 5.56 Å². The van der Waals surface area contributed by atoms with Crippen LogP contribution in [0.15, 0.2) is 155 Å². The summed E-state index contributed by atoms with van der Waals surface area (Å²) < 4.78 is 39.5.